The molecule has 2 heterocycles. The van der Waals surface area contributed by atoms with Crippen molar-refractivity contribution in [1.82, 2.24) is 9.29 Å². The predicted octanol–water partition coefficient (Wildman–Crippen LogP) is 1.67. The fraction of sp³-hybridized carbons (Fsp3) is 0.700. The summed E-state index contributed by atoms with van der Waals surface area (Å²) in [6, 6.07) is 0. The van der Waals surface area contributed by atoms with E-state index < -0.39 is 10.0 Å². The zero-order chi connectivity index (χ0) is 11.6. The van der Waals surface area contributed by atoms with E-state index >= 15 is 0 Å². The molecule has 4 nitrogen and oxygen atoms in total. The number of aromatic nitrogens is 1. The Hall–Kier alpha value is -0.460. The fourth-order valence-corrected chi connectivity index (χ4v) is 3.94. The summed E-state index contributed by atoms with van der Waals surface area (Å²) in [6.45, 7) is 2.98. The first kappa shape index (κ1) is 12.0. The largest absolute Gasteiger partial charge is 0.249 e. The van der Waals surface area contributed by atoms with Crippen LogP contribution in [0.4, 0.5) is 0 Å². The van der Waals surface area contributed by atoms with Crippen LogP contribution in [0.1, 0.15) is 30.7 Å². The average molecular weight is 260 g/mol. The second-order valence-electron chi connectivity index (χ2n) is 3.94. The minimum absolute atomic E-state index is 0.203. The Labute approximate surface area is 100 Å². The number of rotatable bonds is 3. The highest BCUT2D eigenvalue weighted by Gasteiger charge is 2.28. The third-order valence-electron chi connectivity index (χ3n) is 3.01. The Balaban J connectivity index is 1.98. The van der Waals surface area contributed by atoms with E-state index in [1.54, 1.807) is 22.6 Å². The molecule has 1 aromatic heterocycles. The van der Waals surface area contributed by atoms with Crippen LogP contribution in [0.5, 0.6) is 0 Å². The lowest BCUT2D eigenvalue weighted by Crippen LogP contribution is -2.38. The summed E-state index contributed by atoms with van der Waals surface area (Å²) in [5.41, 5.74) is 0. The van der Waals surface area contributed by atoms with E-state index in [4.69, 9.17) is 0 Å². The SMILES string of the molecule is CCS(=O)(=O)N1CCC(c2nccs2)CC1. The van der Waals surface area contributed by atoms with Crippen LogP contribution < -0.4 is 0 Å². The normalized spacial score (nSPS) is 20.1. The van der Waals surface area contributed by atoms with Gasteiger partial charge in [0.1, 0.15) is 0 Å². The molecular formula is C10H16N2O2S2. The highest BCUT2D eigenvalue weighted by atomic mass is 32.2. The van der Waals surface area contributed by atoms with Crippen LogP contribution in [0.3, 0.4) is 0 Å². The molecule has 0 unspecified atom stereocenters. The molecule has 0 atom stereocenters. The van der Waals surface area contributed by atoms with E-state index in [0.29, 0.717) is 19.0 Å². The van der Waals surface area contributed by atoms with E-state index in [1.807, 2.05) is 11.6 Å². The number of thiazole rings is 1. The van der Waals surface area contributed by atoms with Crippen LogP contribution in [0, 0.1) is 0 Å². The molecule has 1 aromatic rings. The van der Waals surface area contributed by atoms with E-state index in [9.17, 15) is 8.42 Å². The maximum absolute atomic E-state index is 11.7. The predicted molar refractivity (Wildman–Crippen MR) is 65.1 cm³/mol. The zero-order valence-corrected chi connectivity index (χ0v) is 10.9. The third kappa shape index (κ3) is 2.44. The van der Waals surface area contributed by atoms with E-state index in [2.05, 4.69) is 4.98 Å². The molecule has 1 fully saturated rings. The summed E-state index contributed by atoms with van der Waals surface area (Å²) in [6.07, 6.45) is 3.61. The van der Waals surface area contributed by atoms with E-state index in [0.717, 1.165) is 17.8 Å². The first-order chi connectivity index (χ1) is 7.63. The first-order valence-corrected chi connectivity index (χ1v) is 7.99. The van der Waals surface area contributed by atoms with E-state index in [1.165, 1.54) is 0 Å². The number of nitrogens with zero attached hydrogens (tertiary/aromatic N) is 2. The molecule has 0 radical (unpaired) electrons. The van der Waals surface area contributed by atoms with Crippen molar-refractivity contribution in [3.8, 4) is 0 Å². The monoisotopic (exact) mass is 260 g/mol. The molecule has 2 rings (SSSR count). The molecular weight excluding hydrogens is 244 g/mol. The summed E-state index contributed by atoms with van der Waals surface area (Å²) in [4.78, 5) is 4.30. The molecule has 0 spiro atoms. The number of hydrogen-bond acceptors (Lipinski definition) is 4. The van der Waals surface area contributed by atoms with Gasteiger partial charge in [0.05, 0.1) is 10.8 Å². The van der Waals surface area contributed by atoms with Gasteiger partial charge >= 0.3 is 0 Å². The smallest absolute Gasteiger partial charge is 0.213 e. The summed E-state index contributed by atoms with van der Waals surface area (Å²) in [5, 5.41) is 3.12. The first-order valence-electron chi connectivity index (χ1n) is 5.50. The van der Waals surface area contributed by atoms with Gasteiger partial charge in [-0.1, -0.05) is 0 Å². The van der Waals surface area contributed by atoms with Crippen molar-refractivity contribution < 1.29 is 8.42 Å². The van der Waals surface area contributed by atoms with Crippen molar-refractivity contribution >= 4 is 21.4 Å². The van der Waals surface area contributed by atoms with Gasteiger partial charge in [-0.2, -0.15) is 0 Å². The Morgan fingerprint density at radius 2 is 2.19 bits per heavy atom. The molecule has 1 saturated heterocycles. The molecule has 0 bridgehead atoms. The lowest BCUT2D eigenvalue weighted by molar-refractivity contribution is 0.319. The average Bonchev–Trinajstić information content (AvgIpc) is 2.83. The zero-order valence-electron chi connectivity index (χ0n) is 9.30. The van der Waals surface area contributed by atoms with Gasteiger partial charge < -0.3 is 0 Å². The highest BCUT2D eigenvalue weighted by molar-refractivity contribution is 7.89. The molecule has 0 saturated carbocycles. The Morgan fingerprint density at radius 1 is 1.50 bits per heavy atom. The van der Waals surface area contributed by atoms with Gasteiger partial charge in [0.2, 0.25) is 10.0 Å². The standard InChI is InChI=1S/C10H16N2O2S2/c1-2-16(13,14)12-6-3-9(4-7-12)10-11-5-8-15-10/h5,8-9H,2-4,6-7H2,1H3. The lowest BCUT2D eigenvalue weighted by Gasteiger charge is -2.29. The second-order valence-corrected chi connectivity index (χ2v) is 7.13. The molecule has 6 heteroatoms. The van der Waals surface area contributed by atoms with Crippen LogP contribution >= 0.6 is 11.3 Å². The van der Waals surface area contributed by atoms with Gasteiger partial charge in [-0.15, -0.1) is 11.3 Å². The Kier molecular flexibility index (Phi) is 3.61. The Bertz CT molecular complexity index is 420. The van der Waals surface area contributed by atoms with Gasteiger partial charge in [0.15, 0.2) is 0 Å². The van der Waals surface area contributed by atoms with Gasteiger partial charge in [-0.05, 0) is 19.8 Å². The van der Waals surface area contributed by atoms with Gasteiger partial charge in [0.25, 0.3) is 0 Å². The second kappa shape index (κ2) is 4.81. The van der Waals surface area contributed by atoms with Crippen LogP contribution in [0.25, 0.3) is 0 Å². The number of hydrogen-bond donors (Lipinski definition) is 0. The quantitative estimate of drug-likeness (QED) is 0.830. The van der Waals surface area contributed by atoms with E-state index in [-0.39, 0.29) is 5.75 Å². The highest BCUT2D eigenvalue weighted by Crippen LogP contribution is 2.30. The molecule has 0 N–H and O–H groups in total. The van der Waals surface area contributed by atoms with Crippen LogP contribution in [0.15, 0.2) is 11.6 Å². The lowest BCUT2D eigenvalue weighted by atomic mass is 9.99. The molecule has 0 amide bonds. The van der Waals surface area contributed by atoms with Gasteiger partial charge in [0, 0.05) is 30.6 Å². The maximum Gasteiger partial charge on any atom is 0.213 e. The van der Waals surface area contributed by atoms with Crippen molar-refractivity contribution in [3.05, 3.63) is 16.6 Å². The molecule has 16 heavy (non-hydrogen) atoms. The number of piperidine rings is 1. The maximum atomic E-state index is 11.7. The minimum Gasteiger partial charge on any atom is -0.249 e. The van der Waals surface area contributed by atoms with Crippen LogP contribution in [-0.4, -0.2) is 36.5 Å². The minimum atomic E-state index is -3.00. The summed E-state index contributed by atoms with van der Waals surface area (Å²) in [5.74, 6) is 0.651. The molecule has 0 aromatic carbocycles. The number of sulfonamides is 1. The van der Waals surface area contributed by atoms with Crippen molar-refractivity contribution in [2.75, 3.05) is 18.8 Å². The summed E-state index contributed by atoms with van der Waals surface area (Å²) in [7, 11) is -3.00. The third-order valence-corrected chi connectivity index (χ3v) is 5.83. The van der Waals surface area contributed by atoms with Crippen molar-refractivity contribution in [2.45, 2.75) is 25.7 Å². The van der Waals surface area contributed by atoms with Crippen molar-refractivity contribution in [3.63, 3.8) is 0 Å². The summed E-state index contributed by atoms with van der Waals surface area (Å²) < 4.78 is 24.9. The Morgan fingerprint density at radius 3 is 2.69 bits per heavy atom. The molecule has 1 aliphatic rings. The van der Waals surface area contributed by atoms with Gasteiger partial charge in [-0.25, -0.2) is 17.7 Å². The van der Waals surface area contributed by atoms with Gasteiger partial charge in [-0.3, -0.25) is 0 Å². The topological polar surface area (TPSA) is 50.3 Å². The van der Waals surface area contributed by atoms with Crippen molar-refractivity contribution in [1.29, 1.82) is 0 Å². The summed E-state index contributed by atoms with van der Waals surface area (Å²) >= 11 is 1.66. The molecule has 1 aliphatic heterocycles. The molecule has 0 aliphatic carbocycles. The molecule has 90 valence electrons. The fourth-order valence-electron chi connectivity index (χ4n) is 2.00. The van der Waals surface area contributed by atoms with Crippen LogP contribution in [0.2, 0.25) is 0 Å². The van der Waals surface area contributed by atoms with Crippen molar-refractivity contribution in [2.24, 2.45) is 0 Å². The van der Waals surface area contributed by atoms with Crippen LogP contribution in [-0.2, 0) is 10.0 Å².